The quantitative estimate of drug-likeness (QED) is 0.655. The first-order chi connectivity index (χ1) is 14.1. The van der Waals surface area contributed by atoms with Crippen LogP contribution in [0.2, 0.25) is 0 Å². The van der Waals surface area contributed by atoms with Crippen LogP contribution in [0.5, 0.6) is 0 Å². The molecule has 4 rings (SSSR count). The van der Waals surface area contributed by atoms with E-state index in [0.29, 0.717) is 31.9 Å². The second-order valence-corrected chi connectivity index (χ2v) is 8.32. The summed E-state index contributed by atoms with van der Waals surface area (Å²) in [7, 11) is 0. The first-order valence-corrected chi connectivity index (χ1v) is 10.8. The molecule has 0 spiro atoms. The largest absolute Gasteiger partial charge is 0.339 e. The summed E-state index contributed by atoms with van der Waals surface area (Å²) in [6.07, 6.45) is 0.770. The Bertz CT molecular complexity index is 1020. The lowest BCUT2D eigenvalue weighted by atomic mass is 9.95. The summed E-state index contributed by atoms with van der Waals surface area (Å²) in [6, 6.07) is 16.0. The van der Waals surface area contributed by atoms with Crippen molar-refractivity contribution >= 4 is 33.4 Å². The van der Waals surface area contributed by atoms with Gasteiger partial charge in [-0.2, -0.15) is 4.37 Å². The maximum atomic E-state index is 13.1. The number of hydrogen-bond acceptors (Lipinski definition) is 4. The van der Waals surface area contributed by atoms with E-state index in [0.717, 1.165) is 27.6 Å². The Morgan fingerprint density at radius 3 is 2.41 bits per heavy atom. The summed E-state index contributed by atoms with van der Waals surface area (Å²) in [4.78, 5) is 29.8. The predicted molar refractivity (Wildman–Crippen MR) is 116 cm³/mol. The minimum atomic E-state index is -0.121. The molecule has 1 saturated heterocycles. The van der Waals surface area contributed by atoms with Crippen molar-refractivity contribution in [2.45, 2.75) is 26.2 Å². The maximum absolute atomic E-state index is 13.1. The monoisotopic (exact) mass is 407 g/mol. The highest BCUT2D eigenvalue weighted by Gasteiger charge is 2.30. The van der Waals surface area contributed by atoms with E-state index >= 15 is 0 Å². The van der Waals surface area contributed by atoms with Gasteiger partial charge < -0.3 is 9.80 Å². The molecular formula is C23H25N3O2S. The van der Waals surface area contributed by atoms with Gasteiger partial charge in [-0.15, -0.1) is 0 Å². The Kier molecular flexibility index (Phi) is 5.62. The fourth-order valence-corrected chi connectivity index (χ4v) is 4.69. The minimum Gasteiger partial charge on any atom is -0.339 e. The zero-order valence-electron chi connectivity index (χ0n) is 16.8. The van der Waals surface area contributed by atoms with E-state index in [1.54, 1.807) is 0 Å². The number of carbonyl (C=O) groups excluding carboxylic acids is 2. The molecule has 1 aliphatic heterocycles. The number of nitrogens with zero attached hydrogens (tertiary/aromatic N) is 3. The van der Waals surface area contributed by atoms with Crippen LogP contribution in [0.1, 0.15) is 40.9 Å². The molecular weight excluding hydrogens is 382 g/mol. The molecule has 1 aromatic heterocycles. The van der Waals surface area contributed by atoms with E-state index in [1.807, 2.05) is 72.2 Å². The molecule has 0 bridgehead atoms. The third-order valence-corrected chi connectivity index (χ3v) is 6.44. The highest BCUT2D eigenvalue weighted by atomic mass is 32.1. The van der Waals surface area contributed by atoms with Gasteiger partial charge in [0.15, 0.2) is 0 Å². The summed E-state index contributed by atoms with van der Waals surface area (Å²) in [5, 5.41) is 0.925. The third-order valence-electron chi connectivity index (χ3n) is 5.61. The van der Waals surface area contributed by atoms with E-state index in [4.69, 9.17) is 0 Å². The number of aryl methyl sites for hydroxylation is 1. The second kappa shape index (κ2) is 8.33. The zero-order valence-corrected chi connectivity index (χ0v) is 17.6. The molecule has 2 aromatic carbocycles. The molecule has 1 fully saturated rings. The van der Waals surface area contributed by atoms with Crippen LogP contribution in [-0.4, -0.2) is 52.2 Å². The molecule has 0 N–H and O–H groups in total. The van der Waals surface area contributed by atoms with Gasteiger partial charge in [-0.1, -0.05) is 48.9 Å². The topological polar surface area (TPSA) is 53.5 Å². The first-order valence-electron chi connectivity index (χ1n) is 10.1. The average Bonchev–Trinajstić information content (AvgIpc) is 3.17. The Morgan fingerprint density at radius 2 is 1.72 bits per heavy atom. The molecule has 0 aliphatic carbocycles. The molecule has 1 aliphatic rings. The van der Waals surface area contributed by atoms with E-state index in [-0.39, 0.29) is 17.7 Å². The summed E-state index contributed by atoms with van der Waals surface area (Å²) < 4.78 is 5.45. The molecule has 1 atom stereocenters. The van der Waals surface area contributed by atoms with Crippen molar-refractivity contribution in [3.05, 3.63) is 65.4 Å². The fraction of sp³-hybridized carbons (Fsp3) is 0.348. The highest BCUT2D eigenvalue weighted by molar-refractivity contribution is 7.13. The number of aromatic nitrogens is 1. The highest BCUT2D eigenvalue weighted by Crippen LogP contribution is 2.26. The standard InChI is InChI=1S/C23H25N3O2S/c1-3-18(17-7-5-4-6-8-17)22(27)25-11-13-26(14-12-25)23(28)21-19-15-16(2)9-10-20(19)29-24-21/h4-10,15,18H,3,11-14H2,1-2H3/t18-/m1/s1. The van der Waals surface area contributed by atoms with Crippen molar-refractivity contribution in [2.24, 2.45) is 0 Å². The van der Waals surface area contributed by atoms with Gasteiger partial charge in [-0.3, -0.25) is 9.59 Å². The lowest BCUT2D eigenvalue weighted by Gasteiger charge is -2.36. The van der Waals surface area contributed by atoms with E-state index in [2.05, 4.69) is 4.37 Å². The molecule has 5 nitrogen and oxygen atoms in total. The number of carbonyl (C=O) groups is 2. The van der Waals surface area contributed by atoms with Gasteiger partial charge in [0, 0.05) is 31.6 Å². The third kappa shape index (κ3) is 3.90. The lowest BCUT2D eigenvalue weighted by molar-refractivity contribution is -0.134. The number of fused-ring (bicyclic) bond motifs is 1. The maximum Gasteiger partial charge on any atom is 0.274 e. The summed E-state index contributed by atoms with van der Waals surface area (Å²) in [5.74, 6) is -0.00603. The van der Waals surface area contributed by atoms with Gasteiger partial charge in [0.1, 0.15) is 5.69 Å². The Balaban J connectivity index is 1.44. The fourth-order valence-electron chi connectivity index (χ4n) is 3.95. The second-order valence-electron chi connectivity index (χ2n) is 7.52. The molecule has 29 heavy (non-hydrogen) atoms. The molecule has 6 heteroatoms. The molecule has 2 heterocycles. The van der Waals surface area contributed by atoms with Crippen LogP contribution in [0.15, 0.2) is 48.5 Å². The number of hydrogen-bond donors (Lipinski definition) is 0. The average molecular weight is 408 g/mol. The van der Waals surface area contributed by atoms with Crippen LogP contribution in [-0.2, 0) is 4.79 Å². The predicted octanol–water partition coefficient (Wildman–Crippen LogP) is 4.08. The molecule has 0 radical (unpaired) electrons. The smallest absolute Gasteiger partial charge is 0.274 e. The van der Waals surface area contributed by atoms with E-state index < -0.39 is 0 Å². The summed E-state index contributed by atoms with van der Waals surface area (Å²) in [6.45, 7) is 6.28. The van der Waals surface area contributed by atoms with Crippen molar-refractivity contribution in [3.63, 3.8) is 0 Å². The molecule has 150 valence electrons. The molecule has 3 aromatic rings. The molecule has 0 unspecified atom stereocenters. The number of piperazine rings is 1. The van der Waals surface area contributed by atoms with Crippen LogP contribution < -0.4 is 0 Å². The van der Waals surface area contributed by atoms with E-state index in [1.165, 1.54) is 11.5 Å². The van der Waals surface area contributed by atoms with Crippen molar-refractivity contribution in [3.8, 4) is 0 Å². The lowest BCUT2D eigenvalue weighted by Crippen LogP contribution is -2.51. The number of benzene rings is 2. The summed E-state index contributed by atoms with van der Waals surface area (Å²) >= 11 is 1.36. The van der Waals surface area contributed by atoms with Gasteiger partial charge in [0.05, 0.1) is 10.6 Å². The van der Waals surface area contributed by atoms with Gasteiger partial charge >= 0.3 is 0 Å². The first kappa shape index (κ1) is 19.6. The SMILES string of the molecule is CC[C@@H](C(=O)N1CCN(C(=O)c2nsc3ccc(C)cc23)CC1)c1ccccc1. The summed E-state index contributed by atoms with van der Waals surface area (Å²) in [5.41, 5.74) is 2.71. The zero-order chi connectivity index (χ0) is 20.4. The van der Waals surface area contributed by atoms with Crippen LogP contribution in [0.4, 0.5) is 0 Å². The number of amides is 2. The Morgan fingerprint density at radius 1 is 1.03 bits per heavy atom. The Hall–Kier alpha value is -2.73. The van der Waals surface area contributed by atoms with Gasteiger partial charge in [0.2, 0.25) is 5.91 Å². The van der Waals surface area contributed by atoms with Crippen molar-refractivity contribution in [1.82, 2.24) is 14.2 Å². The van der Waals surface area contributed by atoms with Gasteiger partial charge in [-0.25, -0.2) is 0 Å². The van der Waals surface area contributed by atoms with Crippen LogP contribution in [0, 0.1) is 6.92 Å². The number of rotatable bonds is 4. The van der Waals surface area contributed by atoms with Crippen LogP contribution in [0.25, 0.3) is 10.1 Å². The van der Waals surface area contributed by atoms with Crippen LogP contribution in [0.3, 0.4) is 0 Å². The molecule has 0 saturated carbocycles. The van der Waals surface area contributed by atoms with Crippen molar-refractivity contribution in [1.29, 1.82) is 0 Å². The van der Waals surface area contributed by atoms with E-state index in [9.17, 15) is 9.59 Å². The molecule has 2 amide bonds. The van der Waals surface area contributed by atoms with Gasteiger partial charge in [0.25, 0.3) is 5.91 Å². The van der Waals surface area contributed by atoms with Crippen LogP contribution >= 0.6 is 11.5 Å². The van der Waals surface area contributed by atoms with Crippen molar-refractivity contribution in [2.75, 3.05) is 26.2 Å². The Labute approximate surface area is 175 Å². The minimum absolute atomic E-state index is 0.0379. The van der Waals surface area contributed by atoms with Gasteiger partial charge in [-0.05, 0) is 42.6 Å². The normalized spacial score (nSPS) is 15.5. The van der Waals surface area contributed by atoms with Crippen molar-refractivity contribution < 1.29 is 9.59 Å².